The van der Waals surface area contributed by atoms with Crippen LogP contribution in [0.3, 0.4) is 0 Å². The molecule has 0 aromatic carbocycles. The van der Waals surface area contributed by atoms with E-state index in [4.69, 9.17) is 9.47 Å². The maximum absolute atomic E-state index is 11.8. The van der Waals surface area contributed by atoms with Gasteiger partial charge in [-0.3, -0.25) is 9.59 Å². The Balaban J connectivity index is 1.97. The first-order chi connectivity index (χ1) is 9.31. The van der Waals surface area contributed by atoms with Crippen molar-refractivity contribution in [3.05, 3.63) is 0 Å². The van der Waals surface area contributed by atoms with E-state index in [2.05, 4.69) is 0 Å². The topological polar surface area (TPSA) is 93.1 Å². The highest BCUT2D eigenvalue weighted by atomic mass is 16.6. The van der Waals surface area contributed by atoms with E-state index in [0.717, 1.165) is 0 Å². The van der Waals surface area contributed by atoms with Crippen LogP contribution in [0.1, 0.15) is 20.8 Å². The monoisotopic (exact) mass is 286 g/mol. The first kappa shape index (κ1) is 15.3. The third-order valence-electron chi connectivity index (χ3n) is 4.30. The van der Waals surface area contributed by atoms with Crippen LogP contribution >= 0.6 is 0 Å². The average Bonchev–Trinajstić information content (AvgIpc) is 2.59. The highest BCUT2D eigenvalue weighted by Gasteiger charge is 2.62. The predicted molar refractivity (Wildman–Crippen MR) is 68.4 cm³/mol. The van der Waals surface area contributed by atoms with Gasteiger partial charge in [0.1, 0.15) is 12.7 Å². The average molecular weight is 286 g/mol. The van der Waals surface area contributed by atoms with E-state index >= 15 is 0 Å². The van der Waals surface area contributed by atoms with Gasteiger partial charge in [-0.2, -0.15) is 0 Å². The molecule has 0 amide bonds. The van der Waals surface area contributed by atoms with Gasteiger partial charge in [-0.15, -0.1) is 0 Å². The molecule has 1 saturated heterocycles. The Bertz CT molecular complexity index is 399. The van der Waals surface area contributed by atoms with E-state index in [1.54, 1.807) is 20.8 Å². The Morgan fingerprint density at radius 2 is 1.85 bits per heavy atom. The summed E-state index contributed by atoms with van der Waals surface area (Å²) < 4.78 is 10.4. The summed E-state index contributed by atoms with van der Waals surface area (Å²) in [7, 11) is 0. The highest BCUT2D eigenvalue weighted by molar-refractivity contribution is 5.78. The summed E-state index contributed by atoms with van der Waals surface area (Å²) in [5, 5.41) is 18.6. The number of hydrogen-bond donors (Lipinski definition) is 2. The van der Waals surface area contributed by atoms with Crippen LogP contribution in [-0.2, 0) is 19.1 Å². The lowest BCUT2D eigenvalue weighted by atomic mass is 9.56. The molecule has 0 spiro atoms. The molecule has 1 aliphatic heterocycles. The maximum atomic E-state index is 11.8. The van der Waals surface area contributed by atoms with Gasteiger partial charge in [-0.25, -0.2) is 0 Å². The molecule has 2 rings (SSSR count). The molecule has 0 aromatic heterocycles. The molecule has 0 unspecified atom stereocenters. The molecule has 2 N–H and O–H groups in total. The van der Waals surface area contributed by atoms with Crippen molar-refractivity contribution in [1.29, 1.82) is 0 Å². The van der Waals surface area contributed by atoms with Gasteiger partial charge < -0.3 is 19.7 Å². The van der Waals surface area contributed by atoms with Crippen LogP contribution in [-0.4, -0.2) is 48.1 Å². The van der Waals surface area contributed by atoms with Crippen LogP contribution in [0.2, 0.25) is 0 Å². The summed E-state index contributed by atoms with van der Waals surface area (Å²) in [5.74, 6) is -1.69. The zero-order valence-electron chi connectivity index (χ0n) is 12.0. The Labute approximate surface area is 118 Å². The number of carbonyl (C=O) groups is 2. The zero-order chi connectivity index (χ0) is 15.1. The lowest BCUT2D eigenvalue weighted by Crippen LogP contribution is -2.53. The van der Waals surface area contributed by atoms with E-state index in [0.29, 0.717) is 0 Å². The van der Waals surface area contributed by atoms with Gasteiger partial charge in [0.15, 0.2) is 0 Å². The van der Waals surface area contributed by atoms with Crippen molar-refractivity contribution in [1.82, 2.24) is 0 Å². The third kappa shape index (κ3) is 2.42. The molecule has 1 heterocycles. The van der Waals surface area contributed by atoms with Crippen molar-refractivity contribution in [3.63, 3.8) is 0 Å². The number of fused-ring (bicyclic) bond motifs is 1. The number of hydrogen-bond acceptors (Lipinski definition) is 6. The SMILES string of the molecule is CC(C)(C)C(=O)OC[C@H]1OC(=O)[C@@H]2[C@H](CO)[C@@H](CO)[C@@H]21. The van der Waals surface area contributed by atoms with Crippen LogP contribution < -0.4 is 0 Å². The van der Waals surface area contributed by atoms with Gasteiger partial charge in [0.05, 0.1) is 11.3 Å². The van der Waals surface area contributed by atoms with Gasteiger partial charge in [0.25, 0.3) is 0 Å². The number of carbonyl (C=O) groups excluding carboxylic acids is 2. The zero-order valence-corrected chi connectivity index (χ0v) is 12.0. The van der Waals surface area contributed by atoms with Crippen LogP contribution in [0.15, 0.2) is 0 Å². The van der Waals surface area contributed by atoms with Crippen molar-refractivity contribution in [2.45, 2.75) is 26.9 Å². The van der Waals surface area contributed by atoms with Gasteiger partial charge in [-0.1, -0.05) is 0 Å². The number of aliphatic hydroxyl groups is 2. The molecular formula is C14H22O6. The quantitative estimate of drug-likeness (QED) is 0.705. The minimum atomic E-state index is -0.606. The first-order valence-electron chi connectivity index (χ1n) is 6.90. The second kappa shape index (κ2) is 5.33. The Hall–Kier alpha value is -1.14. The van der Waals surface area contributed by atoms with Crippen LogP contribution in [0.25, 0.3) is 0 Å². The largest absolute Gasteiger partial charge is 0.461 e. The maximum Gasteiger partial charge on any atom is 0.311 e. The van der Waals surface area contributed by atoms with Crippen LogP contribution in [0.5, 0.6) is 0 Å². The molecule has 5 atom stereocenters. The van der Waals surface area contributed by atoms with Gasteiger partial charge in [0.2, 0.25) is 0 Å². The van der Waals surface area contributed by atoms with E-state index < -0.39 is 11.5 Å². The molecule has 0 aromatic rings. The Morgan fingerprint density at radius 3 is 2.35 bits per heavy atom. The minimum absolute atomic E-state index is 0.0116. The summed E-state index contributed by atoms with van der Waals surface area (Å²) in [6, 6.07) is 0. The molecule has 0 bridgehead atoms. The van der Waals surface area contributed by atoms with Crippen LogP contribution in [0.4, 0.5) is 0 Å². The summed E-state index contributed by atoms with van der Waals surface area (Å²) in [6.07, 6.45) is -0.515. The minimum Gasteiger partial charge on any atom is -0.461 e. The van der Waals surface area contributed by atoms with Gasteiger partial charge >= 0.3 is 11.9 Å². The predicted octanol–water partition coefficient (Wildman–Crippen LogP) is -0.0359. The molecular weight excluding hydrogens is 264 g/mol. The smallest absolute Gasteiger partial charge is 0.311 e. The first-order valence-corrected chi connectivity index (χ1v) is 6.90. The van der Waals surface area contributed by atoms with Gasteiger partial charge in [-0.05, 0) is 26.7 Å². The summed E-state index contributed by atoms with van der Waals surface area (Å²) in [4.78, 5) is 23.5. The molecule has 0 radical (unpaired) electrons. The van der Waals surface area contributed by atoms with E-state index in [9.17, 15) is 19.8 Å². The highest BCUT2D eigenvalue weighted by Crippen LogP contribution is 2.52. The van der Waals surface area contributed by atoms with Crippen molar-refractivity contribution < 1.29 is 29.3 Å². The second-order valence-corrected chi connectivity index (χ2v) is 6.62. The number of esters is 2. The molecule has 1 saturated carbocycles. The fraction of sp³-hybridized carbons (Fsp3) is 0.857. The lowest BCUT2D eigenvalue weighted by Gasteiger charge is -2.45. The lowest BCUT2D eigenvalue weighted by molar-refractivity contribution is -0.160. The van der Waals surface area contributed by atoms with Crippen molar-refractivity contribution in [3.8, 4) is 0 Å². The van der Waals surface area contributed by atoms with Crippen molar-refractivity contribution in [2.24, 2.45) is 29.1 Å². The summed E-state index contributed by atoms with van der Waals surface area (Å²) >= 11 is 0. The number of rotatable bonds is 4. The molecule has 20 heavy (non-hydrogen) atoms. The molecule has 2 fully saturated rings. The molecule has 114 valence electrons. The molecule has 1 aliphatic carbocycles. The normalized spacial score (nSPS) is 36.0. The third-order valence-corrected chi connectivity index (χ3v) is 4.30. The van der Waals surface area contributed by atoms with E-state index in [-0.39, 0.29) is 55.4 Å². The molecule has 6 heteroatoms. The van der Waals surface area contributed by atoms with E-state index in [1.165, 1.54) is 0 Å². The fourth-order valence-electron chi connectivity index (χ4n) is 3.13. The standard InChI is InChI=1S/C14H22O6/c1-14(2,3)13(18)19-6-9-10-7(4-15)8(5-16)11(10)12(17)20-9/h7-11,15-16H,4-6H2,1-3H3/t7-,8-,9-,10-,11-/m1/s1. The number of aliphatic hydroxyl groups excluding tert-OH is 2. The number of ether oxygens (including phenoxy) is 2. The van der Waals surface area contributed by atoms with E-state index in [1.807, 2.05) is 0 Å². The Kier molecular flexibility index (Phi) is 4.07. The molecule has 2 aliphatic rings. The fourth-order valence-corrected chi connectivity index (χ4v) is 3.13. The molecule has 6 nitrogen and oxygen atoms in total. The summed E-state index contributed by atoms with van der Waals surface area (Å²) in [6.45, 7) is 5.02. The van der Waals surface area contributed by atoms with Crippen molar-refractivity contribution in [2.75, 3.05) is 19.8 Å². The summed E-state index contributed by atoms with van der Waals surface area (Å²) in [5.41, 5.74) is -0.606. The Morgan fingerprint density at radius 1 is 1.25 bits per heavy atom. The second-order valence-electron chi connectivity index (χ2n) is 6.62. The van der Waals surface area contributed by atoms with Gasteiger partial charge in [0, 0.05) is 25.0 Å². The van der Waals surface area contributed by atoms with Crippen molar-refractivity contribution >= 4 is 11.9 Å². The van der Waals surface area contributed by atoms with Crippen LogP contribution in [0, 0.1) is 29.1 Å². The number of cyclic esters (lactones) is 1.